The lowest BCUT2D eigenvalue weighted by Gasteiger charge is -2.47. The van der Waals surface area contributed by atoms with E-state index in [2.05, 4.69) is 9.88 Å². The van der Waals surface area contributed by atoms with Crippen LogP contribution >= 0.6 is 0 Å². The van der Waals surface area contributed by atoms with Crippen molar-refractivity contribution in [1.82, 2.24) is 19.4 Å². The summed E-state index contributed by atoms with van der Waals surface area (Å²) in [6, 6.07) is 4.64. The molecule has 0 spiro atoms. The molecule has 1 aromatic carbocycles. The molecule has 2 aliphatic heterocycles. The number of nitro groups is 1. The molecule has 1 aromatic heterocycles. The Morgan fingerprint density at radius 1 is 1.22 bits per heavy atom. The van der Waals surface area contributed by atoms with Gasteiger partial charge in [-0.1, -0.05) is 20.8 Å². The maximum atomic E-state index is 13.3. The summed E-state index contributed by atoms with van der Waals surface area (Å²) in [5.74, 6) is -2.14. The van der Waals surface area contributed by atoms with Crippen molar-refractivity contribution in [3.63, 3.8) is 0 Å². The quantitative estimate of drug-likeness (QED) is 0.171. The number of amides is 1. The molecule has 1 saturated heterocycles. The van der Waals surface area contributed by atoms with Crippen LogP contribution in [-0.4, -0.2) is 68.3 Å². The van der Waals surface area contributed by atoms with Crippen molar-refractivity contribution in [2.24, 2.45) is 17.8 Å². The molecule has 190 valence electrons. The predicted molar refractivity (Wildman–Crippen MR) is 128 cm³/mol. The van der Waals surface area contributed by atoms with Gasteiger partial charge in [0.05, 0.1) is 28.8 Å². The SMILES string of the molecule is CC(C)[C@H]1C(=O)N2C(C(=O)OC(=O)c3ccc([N+](=O)[O-])cc3)=C(CN(C)CCn3ccnc3)[C@H](C)[C@H]12. The fraction of sp³-hybridized carbons (Fsp3) is 0.440. The van der Waals surface area contributed by atoms with Crippen molar-refractivity contribution in [1.29, 1.82) is 0 Å². The van der Waals surface area contributed by atoms with E-state index in [9.17, 15) is 24.5 Å². The fourth-order valence-electron chi connectivity index (χ4n) is 5.02. The number of benzene rings is 1. The Kier molecular flexibility index (Phi) is 7.02. The zero-order valence-electron chi connectivity index (χ0n) is 20.7. The molecule has 0 bridgehead atoms. The number of hydrogen-bond donors (Lipinski definition) is 0. The van der Waals surface area contributed by atoms with E-state index in [0.29, 0.717) is 19.6 Å². The number of esters is 2. The normalized spacial score (nSPS) is 21.1. The van der Waals surface area contributed by atoms with Crippen LogP contribution in [0.1, 0.15) is 31.1 Å². The lowest BCUT2D eigenvalue weighted by Crippen LogP contribution is -2.62. The molecule has 0 unspecified atom stereocenters. The van der Waals surface area contributed by atoms with Gasteiger partial charge in [-0.3, -0.25) is 14.9 Å². The molecule has 0 radical (unpaired) electrons. The summed E-state index contributed by atoms with van der Waals surface area (Å²) in [4.78, 5) is 56.8. The summed E-state index contributed by atoms with van der Waals surface area (Å²) in [5, 5.41) is 10.9. The Morgan fingerprint density at radius 3 is 2.50 bits per heavy atom. The summed E-state index contributed by atoms with van der Waals surface area (Å²) in [5.41, 5.74) is 0.705. The number of β-lactam (4-membered cyclic amide) rings is 1. The zero-order chi connectivity index (χ0) is 26.1. The highest BCUT2D eigenvalue weighted by atomic mass is 16.6. The molecule has 11 nitrogen and oxygen atoms in total. The second-order valence-electron chi connectivity index (χ2n) is 9.65. The van der Waals surface area contributed by atoms with Gasteiger partial charge < -0.3 is 19.1 Å². The first-order chi connectivity index (χ1) is 17.1. The van der Waals surface area contributed by atoms with Crippen molar-refractivity contribution in [2.45, 2.75) is 33.4 Å². The number of nitrogens with zero attached hydrogens (tertiary/aromatic N) is 5. The Labute approximate surface area is 208 Å². The molecule has 0 saturated carbocycles. The maximum Gasteiger partial charge on any atom is 0.362 e. The predicted octanol–water partition coefficient (Wildman–Crippen LogP) is 2.49. The summed E-state index contributed by atoms with van der Waals surface area (Å²) in [6.07, 6.45) is 5.31. The third-order valence-electron chi connectivity index (χ3n) is 6.95. The van der Waals surface area contributed by atoms with Crippen LogP contribution in [0.5, 0.6) is 0 Å². The largest absolute Gasteiger partial charge is 0.385 e. The van der Waals surface area contributed by atoms with Crippen LogP contribution in [-0.2, 0) is 20.9 Å². The Morgan fingerprint density at radius 2 is 1.92 bits per heavy atom. The topological polar surface area (TPSA) is 128 Å². The smallest absolute Gasteiger partial charge is 0.362 e. The number of non-ortho nitro benzene ring substituents is 1. The Balaban J connectivity index is 1.55. The van der Waals surface area contributed by atoms with Crippen LogP contribution in [0, 0.1) is 27.9 Å². The van der Waals surface area contributed by atoms with Crippen LogP contribution in [0.3, 0.4) is 0 Å². The van der Waals surface area contributed by atoms with Gasteiger partial charge in [0.15, 0.2) is 0 Å². The number of hydrogen-bond acceptors (Lipinski definition) is 8. The minimum absolute atomic E-state index is 0.00568. The number of aromatic nitrogens is 2. The average molecular weight is 496 g/mol. The van der Waals surface area contributed by atoms with Crippen LogP contribution in [0.15, 0.2) is 54.3 Å². The van der Waals surface area contributed by atoms with Crippen LogP contribution in [0.2, 0.25) is 0 Å². The molecule has 3 atom stereocenters. The number of carbonyl (C=O) groups excluding carboxylic acids is 3. The van der Waals surface area contributed by atoms with Crippen LogP contribution in [0.25, 0.3) is 0 Å². The van der Waals surface area contributed by atoms with E-state index in [-0.39, 0.29) is 46.7 Å². The van der Waals surface area contributed by atoms with Gasteiger partial charge in [-0.15, -0.1) is 0 Å². The molecule has 4 rings (SSSR count). The first-order valence-corrected chi connectivity index (χ1v) is 11.8. The fourth-order valence-corrected chi connectivity index (χ4v) is 5.02. The highest BCUT2D eigenvalue weighted by Crippen LogP contribution is 2.48. The molecular weight excluding hydrogens is 466 g/mol. The second kappa shape index (κ2) is 10.0. The van der Waals surface area contributed by atoms with Gasteiger partial charge in [-0.05, 0) is 30.7 Å². The first kappa shape index (κ1) is 25.2. The molecule has 11 heteroatoms. The summed E-state index contributed by atoms with van der Waals surface area (Å²) < 4.78 is 7.12. The standard InChI is InChI=1S/C25H29N5O6/c1-15(2)20-21-16(3)19(13-27(4)11-12-28-10-9-26-14-28)22(29(21)23(20)31)25(33)36-24(32)17-5-7-18(8-6-17)30(34)35/h5-10,14-16,20-21H,11-13H2,1-4H3/t16-,20+,21+/m0/s1. The Bertz CT molecular complexity index is 1200. The van der Waals surface area contributed by atoms with E-state index < -0.39 is 16.9 Å². The molecule has 0 aliphatic carbocycles. The molecule has 1 amide bonds. The van der Waals surface area contributed by atoms with Gasteiger partial charge in [-0.2, -0.15) is 0 Å². The van der Waals surface area contributed by atoms with Crippen molar-refractivity contribution in [2.75, 3.05) is 20.1 Å². The molecule has 2 aromatic rings. The summed E-state index contributed by atoms with van der Waals surface area (Å²) in [6.45, 7) is 7.78. The van der Waals surface area contributed by atoms with Crippen molar-refractivity contribution in [3.8, 4) is 0 Å². The number of nitro benzene ring substituents is 1. The van der Waals surface area contributed by atoms with E-state index in [4.69, 9.17) is 4.74 Å². The third-order valence-corrected chi connectivity index (χ3v) is 6.95. The Hall–Kier alpha value is -3.86. The van der Waals surface area contributed by atoms with Gasteiger partial charge in [-0.25, -0.2) is 14.6 Å². The van der Waals surface area contributed by atoms with Crippen molar-refractivity contribution >= 4 is 23.5 Å². The molecule has 36 heavy (non-hydrogen) atoms. The third kappa shape index (κ3) is 4.66. The number of imidazole rings is 1. The first-order valence-electron chi connectivity index (χ1n) is 11.8. The molecule has 0 N–H and O–H groups in total. The molecule has 2 aliphatic rings. The van der Waals surface area contributed by atoms with Crippen LogP contribution < -0.4 is 0 Å². The highest BCUT2D eigenvalue weighted by Gasteiger charge is 2.59. The number of carbonyl (C=O) groups is 3. The monoisotopic (exact) mass is 495 g/mol. The van der Waals surface area contributed by atoms with E-state index in [1.165, 1.54) is 29.2 Å². The second-order valence-corrected chi connectivity index (χ2v) is 9.65. The van der Waals surface area contributed by atoms with Gasteiger partial charge in [0.25, 0.3) is 5.69 Å². The molecule has 1 fully saturated rings. The average Bonchev–Trinajstić information content (AvgIpc) is 3.43. The minimum atomic E-state index is -0.931. The van der Waals surface area contributed by atoms with Gasteiger partial charge in [0.1, 0.15) is 5.70 Å². The van der Waals surface area contributed by atoms with Crippen molar-refractivity contribution < 1.29 is 24.0 Å². The van der Waals surface area contributed by atoms with Gasteiger partial charge in [0, 0.05) is 50.1 Å². The van der Waals surface area contributed by atoms with E-state index >= 15 is 0 Å². The van der Waals surface area contributed by atoms with E-state index in [0.717, 1.165) is 5.57 Å². The molecule has 3 heterocycles. The van der Waals surface area contributed by atoms with Gasteiger partial charge in [0.2, 0.25) is 5.91 Å². The van der Waals surface area contributed by atoms with Crippen LogP contribution in [0.4, 0.5) is 5.69 Å². The molecular formula is C25H29N5O6. The summed E-state index contributed by atoms with van der Waals surface area (Å²) >= 11 is 0. The minimum Gasteiger partial charge on any atom is -0.385 e. The van der Waals surface area contributed by atoms with E-state index in [1.54, 1.807) is 12.5 Å². The number of fused-ring (bicyclic) bond motifs is 1. The van der Waals surface area contributed by atoms with E-state index in [1.807, 2.05) is 38.6 Å². The van der Waals surface area contributed by atoms with Gasteiger partial charge >= 0.3 is 11.9 Å². The lowest BCUT2D eigenvalue weighted by molar-refractivity contribution is -0.384. The highest BCUT2D eigenvalue weighted by molar-refractivity contribution is 6.06. The summed E-state index contributed by atoms with van der Waals surface area (Å²) in [7, 11) is 1.93. The lowest BCUT2D eigenvalue weighted by atomic mass is 9.74. The maximum absolute atomic E-state index is 13.3. The zero-order valence-corrected chi connectivity index (χ0v) is 20.7. The number of likely N-dealkylation sites (N-methyl/N-ethyl adjacent to an activating group) is 1. The van der Waals surface area contributed by atoms with Crippen molar-refractivity contribution in [3.05, 3.63) is 69.9 Å². The number of ether oxygens (including phenoxy) is 1. The number of rotatable bonds is 9.